The largest absolute Gasteiger partial charge is 0.321 e. The maximum Gasteiger partial charge on any atom is 0.255 e. The van der Waals surface area contributed by atoms with Crippen LogP contribution in [0.2, 0.25) is 5.02 Å². The van der Waals surface area contributed by atoms with E-state index >= 15 is 0 Å². The first-order valence-electron chi connectivity index (χ1n) is 7.69. The minimum Gasteiger partial charge on any atom is -0.321 e. The van der Waals surface area contributed by atoms with Gasteiger partial charge in [0.15, 0.2) is 0 Å². The van der Waals surface area contributed by atoms with Gasteiger partial charge in [-0.3, -0.25) is 4.79 Å². The summed E-state index contributed by atoms with van der Waals surface area (Å²) in [5.74, 6) is -0.363. The highest BCUT2D eigenvalue weighted by Gasteiger charge is 2.22. The molecule has 7 heteroatoms. The Morgan fingerprint density at radius 2 is 1.64 bits per heavy atom. The monoisotopic (exact) mass is 380 g/mol. The zero-order valence-corrected chi connectivity index (χ0v) is 16.1. The van der Waals surface area contributed by atoms with Crippen LogP contribution in [0.1, 0.15) is 36.7 Å². The molecule has 25 heavy (non-hydrogen) atoms. The van der Waals surface area contributed by atoms with E-state index in [1.54, 1.807) is 32.9 Å². The van der Waals surface area contributed by atoms with E-state index in [-0.39, 0.29) is 10.8 Å². The second-order valence-corrected chi connectivity index (χ2v) is 8.91. The standard InChI is InChI=1S/C18H21ClN2O3S/c1-12-5-10-16(15(19)11-12)20-17(22)13-6-8-14(9-7-13)25(23,24)21-18(2,3)4/h5-11,21H,1-4H3,(H,20,22). The average molecular weight is 381 g/mol. The van der Waals surface area contributed by atoms with E-state index in [0.717, 1.165) is 5.56 Å². The third-order valence-electron chi connectivity index (χ3n) is 3.24. The van der Waals surface area contributed by atoms with Crippen LogP contribution in [0, 0.1) is 6.92 Å². The van der Waals surface area contributed by atoms with Crippen LogP contribution in [0.25, 0.3) is 0 Å². The van der Waals surface area contributed by atoms with E-state index in [1.807, 2.05) is 13.0 Å². The lowest BCUT2D eigenvalue weighted by Gasteiger charge is -2.20. The molecule has 5 nitrogen and oxygen atoms in total. The van der Waals surface area contributed by atoms with Crippen LogP contribution in [0.15, 0.2) is 47.4 Å². The number of carbonyl (C=O) groups is 1. The van der Waals surface area contributed by atoms with Crippen molar-refractivity contribution in [3.63, 3.8) is 0 Å². The van der Waals surface area contributed by atoms with Gasteiger partial charge in [0.05, 0.1) is 15.6 Å². The highest BCUT2D eigenvalue weighted by molar-refractivity contribution is 7.89. The van der Waals surface area contributed by atoms with Crippen molar-refractivity contribution in [1.82, 2.24) is 4.72 Å². The number of halogens is 1. The van der Waals surface area contributed by atoms with Gasteiger partial charge in [-0.1, -0.05) is 17.7 Å². The predicted octanol–water partition coefficient (Wildman–Crippen LogP) is 3.98. The lowest BCUT2D eigenvalue weighted by Crippen LogP contribution is -2.40. The van der Waals surface area contributed by atoms with E-state index in [4.69, 9.17) is 11.6 Å². The highest BCUT2D eigenvalue weighted by Crippen LogP contribution is 2.23. The Bertz CT molecular complexity index is 886. The van der Waals surface area contributed by atoms with Crippen molar-refractivity contribution in [3.05, 3.63) is 58.6 Å². The van der Waals surface area contributed by atoms with E-state index in [2.05, 4.69) is 10.0 Å². The van der Waals surface area contributed by atoms with Crippen molar-refractivity contribution in [2.24, 2.45) is 0 Å². The molecule has 0 aromatic heterocycles. The lowest BCUT2D eigenvalue weighted by atomic mass is 10.1. The SMILES string of the molecule is Cc1ccc(NC(=O)c2ccc(S(=O)(=O)NC(C)(C)C)cc2)c(Cl)c1. The Kier molecular flexibility index (Phi) is 5.56. The van der Waals surface area contributed by atoms with Crippen molar-refractivity contribution < 1.29 is 13.2 Å². The second kappa shape index (κ2) is 7.15. The summed E-state index contributed by atoms with van der Waals surface area (Å²) in [6.45, 7) is 7.19. The van der Waals surface area contributed by atoms with Crippen molar-refractivity contribution in [1.29, 1.82) is 0 Å². The molecule has 0 fully saturated rings. The molecular formula is C18H21ClN2O3S. The molecule has 0 bridgehead atoms. The van der Waals surface area contributed by atoms with Crippen LogP contribution < -0.4 is 10.0 Å². The molecule has 134 valence electrons. The fourth-order valence-electron chi connectivity index (χ4n) is 2.16. The van der Waals surface area contributed by atoms with Crippen molar-refractivity contribution in [2.45, 2.75) is 38.1 Å². The van der Waals surface area contributed by atoms with Gasteiger partial charge < -0.3 is 5.32 Å². The van der Waals surface area contributed by atoms with Gasteiger partial charge in [-0.2, -0.15) is 0 Å². The van der Waals surface area contributed by atoms with Gasteiger partial charge >= 0.3 is 0 Å². The van der Waals surface area contributed by atoms with Gasteiger partial charge in [-0.15, -0.1) is 0 Å². The predicted molar refractivity (Wildman–Crippen MR) is 101 cm³/mol. The third-order valence-corrected chi connectivity index (χ3v) is 5.33. The molecule has 2 N–H and O–H groups in total. The van der Waals surface area contributed by atoms with E-state index in [1.165, 1.54) is 24.3 Å². The van der Waals surface area contributed by atoms with E-state index in [9.17, 15) is 13.2 Å². The number of anilines is 1. The molecule has 0 radical (unpaired) electrons. The van der Waals surface area contributed by atoms with Crippen molar-refractivity contribution in [3.8, 4) is 0 Å². The summed E-state index contributed by atoms with van der Waals surface area (Å²) in [5.41, 5.74) is 1.25. The molecule has 0 unspecified atom stereocenters. The molecule has 0 spiro atoms. The Morgan fingerprint density at radius 1 is 1.04 bits per heavy atom. The van der Waals surface area contributed by atoms with Gasteiger partial charge in [0.25, 0.3) is 5.91 Å². The smallest absolute Gasteiger partial charge is 0.255 e. The fraction of sp³-hybridized carbons (Fsp3) is 0.278. The molecule has 0 saturated carbocycles. The van der Waals surface area contributed by atoms with Crippen LogP contribution in [0.3, 0.4) is 0 Å². The number of sulfonamides is 1. The molecule has 0 aliphatic carbocycles. The quantitative estimate of drug-likeness (QED) is 0.842. The van der Waals surface area contributed by atoms with Gasteiger partial charge in [0, 0.05) is 11.1 Å². The zero-order chi connectivity index (χ0) is 18.8. The van der Waals surface area contributed by atoms with Gasteiger partial charge in [-0.25, -0.2) is 13.1 Å². The molecule has 2 rings (SSSR count). The maximum absolute atomic E-state index is 12.3. The number of rotatable bonds is 4. The van der Waals surface area contributed by atoms with Gasteiger partial charge in [-0.05, 0) is 69.7 Å². The second-order valence-electron chi connectivity index (χ2n) is 6.82. The number of amides is 1. The summed E-state index contributed by atoms with van der Waals surface area (Å²) >= 11 is 6.11. The van der Waals surface area contributed by atoms with E-state index in [0.29, 0.717) is 16.3 Å². The highest BCUT2D eigenvalue weighted by atomic mass is 35.5. The minimum absolute atomic E-state index is 0.104. The Hall–Kier alpha value is -1.89. The number of aryl methyl sites for hydroxylation is 1. The summed E-state index contributed by atoms with van der Waals surface area (Å²) in [5, 5.41) is 3.16. The van der Waals surface area contributed by atoms with Crippen LogP contribution in [0.5, 0.6) is 0 Å². The summed E-state index contributed by atoms with van der Waals surface area (Å²) in [6, 6.07) is 11.1. The summed E-state index contributed by atoms with van der Waals surface area (Å²) in [6.07, 6.45) is 0. The van der Waals surface area contributed by atoms with Crippen LogP contribution in [-0.4, -0.2) is 19.9 Å². The summed E-state index contributed by atoms with van der Waals surface area (Å²) < 4.78 is 27.1. The van der Waals surface area contributed by atoms with Gasteiger partial charge in [0.2, 0.25) is 10.0 Å². The molecule has 2 aromatic rings. The third kappa shape index (κ3) is 5.29. The number of hydrogen-bond donors (Lipinski definition) is 2. The number of benzene rings is 2. The molecule has 0 heterocycles. The Labute approximate surface area is 153 Å². The molecule has 0 saturated heterocycles. The molecular weight excluding hydrogens is 360 g/mol. The number of hydrogen-bond acceptors (Lipinski definition) is 3. The average Bonchev–Trinajstić information content (AvgIpc) is 2.48. The minimum atomic E-state index is -3.63. The van der Waals surface area contributed by atoms with Crippen molar-refractivity contribution in [2.75, 3.05) is 5.32 Å². The molecule has 0 aliphatic heterocycles. The first-order chi connectivity index (χ1) is 11.5. The van der Waals surface area contributed by atoms with Crippen LogP contribution >= 0.6 is 11.6 Å². The molecule has 2 aromatic carbocycles. The summed E-state index contributed by atoms with van der Waals surface area (Å²) in [7, 11) is -3.63. The summed E-state index contributed by atoms with van der Waals surface area (Å²) in [4.78, 5) is 12.4. The normalized spacial score (nSPS) is 12.0. The van der Waals surface area contributed by atoms with Crippen LogP contribution in [0.4, 0.5) is 5.69 Å². The van der Waals surface area contributed by atoms with Crippen molar-refractivity contribution >= 4 is 33.2 Å². The van der Waals surface area contributed by atoms with E-state index < -0.39 is 15.6 Å². The molecule has 0 aliphatic rings. The first kappa shape index (κ1) is 19.4. The Morgan fingerprint density at radius 3 is 2.16 bits per heavy atom. The Balaban J connectivity index is 2.18. The molecule has 1 amide bonds. The molecule has 0 atom stereocenters. The van der Waals surface area contributed by atoms with Crippen LogP contribution in [-0.2, 0) is 10.0 Å². The zero-order valence-electron chi connectivity index (χ0n) is 14.6. The van der Waals surface area contributed by atoms with Gasteiger partial charge in [0.1, 0.15) is 0 Å². The number of nitrogens with one attached hydrogen (secondary N) is 2. The first-order valence-corrected chi connectivity index (χ1v) is 9.56. The topological polar surface area (TPSA) is 75.3 Å². The fourth-order valence-corrected chi connectivity index (χ4v) is 3.86. The lowest BCUT2D eigenvalue weighted by molar-refractivity contribution is 0.102. The number of carbonyl (C=O) groups excluding carboxylic acids is 1. The maximum atomic E-state index is 12.3.